The van der Waals surface area contributed by atoms with Crippen molar-refractivity contribution >= 4 is 0 Å². The minimum atomic E-state index is 0.783. The van der Waals surface area contributed by atoms with Crippen LogP contribution in [0.15, 0.2) is 0 Å². The molecule has 2 fully saturated rings. The monoisotopic (exact) mass is 178 g/mol. The maximum absolute atomic E-state index is 5.27. The predicted molar refractivity (Wildman–Crippen MR) is 54.4 cm³/mol. The molecule has 0 aromatic heterocycles. The molecule has 0 aliphatic carbocycles. The molecular formula is C11H18N2. The number of terminal acetylenes is 1. The van der Waals surface area contributed by atoms with Crippen molar-refractivity contribution < 1.29 is 0 Å². The summed E-state index contributed by atoms with van der Waals surface area (Å²) in [6.45, 7) is 1.95. The third kappa shape index (κ3) is 1.87. The van der Waals surface area contributed by atoms with E-state index in [-0.39, 0.29) is 0 Å². The van der Waals surface area contributed by atoms with Crippen molar-refractivity contribution in [3.8, 4) is 12.3 Å². The van der Waals surface area contributed by atoms with Crippen LogP contribution in [0, 0.1) is 18.3 Å². The largest absolute Gasteiger partial charge is 0.311 e. The van der Waals surface area contributed by atoms with Crippen LogP contribution in [0.5, 0.6) is 0 Å². The summed E-state index contributed by atoms with van der Waals surface area (Å²) in [4.78, 5) is 2.26. The first kappa shape index (κ1) is 9.05. The molecule has 72 valence electrons. The summed E-state index contributed by atoms with van der Waals surface area (Å²) in [6.07, 6.45) is 9.40. The molecule has 2 saturated heterocycles. The van der Waals surface area contributed by atoms with Crippen molar-refractivity contribution in [3.63, 3.8) is 0 Å². The molecule has 0 amide bonds. The SMILES string of the molecule is C#CCN(C)CC1CC2CCC1N2. The second-order valence-electron chi connectivity index (χ2n) is 4.44. The van der Waals surface area contributed by atoms with Crippen LogP contribution in [0.4, 0.5) is 0 Å². The van der Waals surface area contributed by atoms with E-state index in [1.807, 2.05) is 0 Å². The molecule has 3 atom stereocenters. The average Bonchev–Trinajstić information content (AvgIpc) is 2.65. The van der Waals surface area contributed by atoms with Crippen LogP contribution in [0.25, 0.3) is 0 Å². The van der Waals surface area contributed by atoms with E-state index in [0.717, 1.165) is 24.5 Å². The molecule has 0 radical (unpaired) electrons. The van der Waals surface area contributed by atoms with Gasteiger partial charge in [-0.2, -0.15) is 0 Å². The highest BCUT2D eigenvalue weighted by Crippen LogP contribution is 2.33. The number of hydrogen-bond donors (Lipinski definition) is 1. The highest BCUT2D eigenvalue weighted by Gasteiger charge is 2.38. The van der Waals surface area contributed by atoms with Gasteiger partial charge < -0.3 is 5.32 Å². The zero-order chi connectivity index (χ0) is 9.26. The van der Waals surface area contributed by atoms with Gasteiger partial charge in [0.25, 0.3) is 0 Å². The van der Waals surface area contributed by atoms with E-state index < -0.39 is 0 Å². The summed E-state index contributed by atoms with van der Waals surface area (Å²) < 4.78 is 0. The Kier molecular flexibility index (Phi) is 2.57. The third-order valence-electron chi connectivity index (χ3n) is 3.34. The Morgan fingerprint density at radius 1 is 1.54 bits per heavy atom. The Morgan fingerprint density at radius 3 is 2.92 bits per heavy atom. The number of rotatable bonds is 3. The Balaban J connectivity index is 1.80. The van der Waals surface area contributed by atoms with E-state index in [2.05, 4.69) is 23.2 Å². The minimum Gasteiger partial charge on any atom is -0.311 e. The molecule has 13 heavy (non-hydrogen) atoms. The lowest BCUT2D eigenvalue weighted by Crippen LogP contribution is -2.33. The molecule has 0 saturated carbocycles. The van der Waals surface area contributed by atoms with Gasteiger partial charge in [0.2, 0.25) is 0 Å². The normalized spacial score (nSPS) is 36.8. The molecule has 2 rings (SSSR count). The van der Waals surface area contributed by atoms with Gasteiger partial charge in [0, 0.05) is 18.6 Å². The van der Waals surface area contributed by atoms with E-state index in [1.165, 1.54) is 25.8 Å². The molecule has 1 N–H and O–H groups in total. The lowest BCUT2D eigenvalue weighted by Gasteiger charge is -2.24. The average molecular weight is 178 g/mol. The summed E-state index contributed by atoms with van der Waals surface area (Å²) >= 11 is 0. The molecule has 2 nitrogen and oxygen atoms in total. The van der Waals surface area contributed by atoms with E-state index in [4.69, 9.17) is 6.42 Å². The van der Waals surface area contributed by atoms with Crippen LogP contribution in [-0.2, 0) is 0 Å². The van der Waals surface area contributed by atoms with E-state index in [0.29, 0.717) is 0 Å². The lowest BCUT2D eigenvalue weighted by atomic mass is 9.89. The van der Waals surface area contributed by atoms with Gasteiger partial charge in [-0.1, -0.05) is 5.92 Å². The van der Waals surface area contributed by atoms with Crippen molar-refractivity contribution in [1.82, 2.24) is 10.2 Å². The number of nitrogens with zero attached hydrogens (tertiary/aromatic N) is 1. The van der Waals surface area contributed by atoms with E-state index in [1.54, 1.807) is 0 Å². The Bertz CT molecular complexity index is 219. The van der Waals surface area contributed by atoms with Gasteiger partial charge in [-0.3, -0.25) is 4.90 Å². The van der Waals surface area contributed by atoms with Crippen LogP contribution in [0.1, 0.15) is 19.3 Å². The fraction of sp³-hybridized carbons (Fsp3) is 0.818. The molecule has 2 aliphatic rings. The molecule has 0 aromatic rings. The fourth-order valence-corrected chi connectivity index (χ4v) is 2.76. The summed E-state index contributed by atoms with van der Waals surface area (Å²) in [6, 6.07) is 1.60. The van der Waals surface area contributed by atoms with Crippen molar-refractivity contribution in [2.24, 2.45) is 5.92 Å². The molecule has 2 heteroatoms. The van der Waals surface area contributed by atoms with E-state index in [9.17, 15) is 0 Å². The second kappa shape index (κ2) is 3.69. The summed E-state index contributed by atoms with van der Waals surface area (Å²) in [7, 11) is 2.12. The lowest BCUT2D eigenvalue weighted by molar-refractivity contribution is 0.269. The first-order valence-electron chi connectivity index (χ1n) is 5.17. The van der Waals surface area contributed by atoms with Crippen LogP contribution in [-0.4, -0.2) is 37.1 Å². The molecule has 2 heterocycles. The van der Waals surface area contributed by atoms with Crippen molar-refractivity contribution in [2.75, 3.05) is 20.1 Å². The minimum absolute atomic E-state index is 0.783. The van der Waals surface area contributed by atoms with Crippen molar-refractivity contribution in [1.29, 1.82) is 0 Å². The Hall–Kier alpha value is -0.520. The second-order valence-corrected chi connectivity index (χ2v) is 4.44. The van der Waals surface area contributed by atoms with E-state index >= 15 is 0 Å². The standard InChI is InChI=1S/C11H18N2/c1-3-6-13(2)8-9-7-10-4-5-11(9)12-10/h1,9-12H,4-8H2,2H3. The maximum atomic E-state index is 5.27. The van der Waals surface area contributed by atoms with Crippen molar-refractivity contribution in [3.05, 3.63) is 0 Å². The first-order valence-corrected chi connectivity index (χ1v) is 5.17. The zero-order valence-electron chi connectivity index (χ0n) is 8.29. The maximum Gasteiger partial charge on any atom is 0.0596 e. The topological polar surface area (TPSA) is 15.3 Å². The van der Waals surface area contributed by atoms with Gasteiger partial charge in [-0.05, 0) is 32.2 Å². The van der Waals surface area contributed by atoms with Crippen LogP contribution >= 0.6 is 0 Å². The van der Waals surface area contributed by atoms with Crippen LogP contribution < -0.4 is 5.32 Å². The molecule has 3 unspecified atom stereocenters. The summed E-state index contributed by atoms with van der Waals surface area (Å²) in [5, 5.41) is 3.65. The Morgan fingerprint density at radius 2 is 2.38 bits per heavy atom. The van der Waals surface area contributed by atoms with Crippen molar-refractivity contribution in [2.45, 2.75) is 31.3 Å². The molecule has 0 aromatic carbocycles. The van der Waals surface area contributed by atoms with Gasteiger partial charge in [0.1, 0.15) is 0 Å². The highest BCUT2D eigenvalue weighted by atomic mass is 15.1. The number of fused-ring (bicyclic) bond motifs is 2. The van der Waals surface area contributed by atoms with Gasteiger partial charge in [-0.25, -0.2) is 0 Å². The highest BCUT2D eigenvalue weighted by molar-refractivity contribution is 4.98. The quantitative estimate of drug-likeness (QED) is 0.640. The number of nitrogens with one attached hydrogen (secondary N) is 1. The smallest absolute Gasteiger partial charge is 0.0596 e. The van der Waals surface area contributed by atoms with Crippen LogP contribution in [0.3, 0.4) is 0 Å². The third-order valence-corrected chi connectivity index (χ3v) is 3.34. The van der Waals surface area contributed by atoms with Gasteiger partial charge >= 0.3 is 0 Å². The fourth-order valence-electron chi connectivity index (χ4n) is 2.76. The van der Waals surface area contributed by atoms with Gasteiger partial charge in [0.05, 0.1) is 6.54 Å². The molecule has 2 bridgehead atoms. The first-order chi connectivity index (χ1) is 6.29. The molecule has 0 spiro atoms. The van der Waals surface area contributed by atoms with Gasteiger partial charge in [-0.15, -0.1) is 6.42 Å². The molecular weight excluding hydrogens is 160 g/mol. The van der Waals surface area contributed by atoms with Gasteiger partial charge in [0.15, 0.2) is 0 Å². The summed E-state index contributed by atoms with van der Waals surface area (Å²) in [5.74, 6) is 3.54. The predicted octanol–water partition coefficient (Wildman–Crippen LogP) is 0.692. The summed E-state index contributed by atoms with van der Waals surface area (Å²) in [5.41, 5.74) is 0. The number of hydrogen-bond acceptors (Lipinski definition) is 2. The molecule has 2 aliphatic heterocycles. The Labute approximate surface area is 80.7 Å². The van der Waals surface area contributed by atoms with Crippen LogP contribution in [0.2, 0.25) is 0 Å². The zero-order valence-corrected chi connectivity index (χ0v) is 8.29.